The topological polar surface area (TPSA) is 65.7 Å². The number of hydrogen-bond acceptors (Lipinski definition) is 3. The second kappa shape index (κ2) is 6.72. The summed E-state index contributed by atoms with van der Waals surface area (Å²) in [4.78, 5) is 32.2. The van der Waals surface area contributed by atoms with Gasteiger partial charge in [0.15, 0.2) is 11.6 Å². The summed E-state index contributed by atoms with van der Waals surface area (Å²) < 4.78 is 0. The Kier molecular flexibility index (Phi) is 4.76. The van der Waals surface area contributed by atoms with E-state index in [1.165, 1.54) is 4.88 Å². The Labute approximate surface area is 157 Å². The van der Waals surface area contributed by atoms with Crippen molar-refractivity contribution in [2.75, 3.05) is 0 Å². The van der Waals surface area contributed by atoms with Crippen LogP contribution in [0, 0.1) is 27.7 Å². The van der Waals surface area contributed by atoms with Crippen molar-refractivity contribution in [3.05, 3.63) is 67.4 Å². The van der Waals surface area contributed by atoms with E-state index in [0.717, 1.165) is 45.0 Å². The standard InChI is InChI=1S/C21H24N2O2S/c1-10-17(14(5)24)12(3)22-20(10)19(16-8-7-9-26-16)21-11(2)18(15(6)25)13(4)23-21/h7-9,19,22-23H,1-6H3. The molecule has 2 N–H and O–H groups in total. The molecule has 3 aromatic rings. The van der Waals surface area contributed by atoms with Gasteiger partial charge in [0.05, 0.1) is 5.92 Å². The molecular formula is C21H24N2O2S. The first kappa shape index (κ1) is 18.4. The van der Waals surface area contributed by atoms with Crippen LogP contribution in [0.3, 0.4) is 0 Å². The van der Waals surface area contributed by atoms with Gasteiger partial charge in [0.25, 0.3) is 0 Å². The van der Waals surface area contributed by atoms with Crippen LogP contribution in [0.25, 0.3) is 0 Å². The Hall–Kier alpha value is -2.40. The Morgan fingerprint density at radius 2 is 1.35 bits per heavy atom. The summed E-state index contributed by atoms with van der Waals surface area (Å²) in [5.41, 5.74) is 7.26. The van der Waals surface area contributed by atoms with Crippen molar-refractivity contribution in [1.82, 2.24) is 9.97 Å². The molecule has 4 nitrogen and oxygen atoms in total. The number of rotatable bonds is 5. The van der Waals surface area contributed by atoms with E-state index in [1.54, 1.807) is 25.2 Å². The number of aromatic nitrogens is 2. The maximum absolute atomic E-state index is 12.1. The highest BCUT2D eigenvalue weighted by atomic mass is 32.1. The van der Waals surface area contributed by atoms with Crippen LogP contribution in [-0.4, -0.2) is 21.5 Å². The number of aromatic amines is 2. The quantitative estimate of drug-likeness (QED) is 0.606. The molecular weight excluding hydrogens is 344 g/mol. The third-order valence-corrected chi connectivity index (χ3v) is 6.00. The normalized spacial score (nSPS) is 11.3. The Morgan fingerprint density at radius 1 is 0.885 bits per heavy atom. The molecule has 0 saturated carbocycles. The summed E-state index contributed by atoms with van der Waals surface area (Å²) in [6.45, 7) is 11.1. The van der Waals surface area contributed by atoms with E-state index in [-0.39, 0.29) is 17.5 Å². The van der Waals surface area contributed by atoms with Crippen LogP contribution in [0.1, 0.15) is 79.3 Å². The van der Waals surface area contributed by atoms with E-state index in [0.29, 0.717) is 0 Å². The predicted octanol–water partition coefficient (Wildman–Crippen LogP) is 5.22. The number of carbonyl (C=O) groups is 2. The first-order valence-corrected chi connectivity index (χ1v) is 9.55. The smallest absolute Gasteiger partial charge is 0.161 e. The van der Waals surface area contributed by atoms with Crippen LogP contribution in [0.2, 0.25) is 0 Å². The molecule has 3 heterocycles. The van der Waals surface area contributed by atoms with Gasteiger partial charge in [0.2, 0.25) is 0 Å². The zero-order valence-corrected chi connectivity index (χ0v) is 16.9. The zero-order valence-electron chi connectivity index (χ0n) is 16.0. The van der Waals surface area contributed by atoms with E-state index in [9.17, 15) is 9.59 Å². The summed E-state index contributed by atoms with van der Waals surface area (Å²) in [5.74, 6) is 0.0704. The van der Waals surface area contributed by atoms with Gasteiger partial charge in [-0.1, -0.05) is 6.07 Å². The first-order chi connectivity index (χ1) is 12.2. The Balaban J connectivity index is 2.28. The highest BCUT2D eigenvalue weighted by Gasteiger charge is 2.29. The average Bonchev–Trinajstić information content (AvgIpc) is 3.21. The van der Waals surface area contributed by atoms with Crippen LogP contribution in [0.4, 0.5) is 0 Å². The summed E-state index contributed by atoms with van der Waals surface area (Å²) in [6, 6.07) is 4.13. The molecule has 0 spiro atoms. The average molecular weight is 369 g/mol. The van der Waals surface area contributed by atoms with Gasteiger partial charge < -0.3 is 9.97 Å². The minimum atomic E-state index is -0.0615. The van der Waals surface area contributed by atoms with Gasteiger partial charge in [-0.3, -0.25) is 9.59 Å². The molecule has 0 aliphatic rings. The van der Waals surface area contributed by atoms with E-state index in [1.807, 2.05) is 33.8 Å². The van der Waals surface area contributed by atoms with Crippen molar-refractivity contribution in [2.45, 2.75) is 47.5 Å². The molecule has 3 aromatic heterocycles. The fourth-order valence-electron chi connectivity index (χ4n) is 4.07. The number of hydrogen-bond donors (Lipinski definition) is 2. The molecule has 0 aliphatic carbocycles. The number of H-pyrrole nitrogens is 2. The second-order valence-electron chi connectivity index (χ2n) is 6.89. The van der Waals surface area contributed by atoms with E-state index < -0.39 is 0 Å². The molecule has 0 radical (unpaired) electrons. The summed E-state index contributed by atoms with van der Waals surface area (Å²) >= 11 is 1.68. The van der Waals surface area contributed by atoms with Gasteiger partial charge in [-0.25, -0.2) is 0 Å². The fourth-order valence-corrected chi connectivity index (χ4v) is 4.91. The lowest BCUT2D eigenvalue weighted by molar-refractivity contribution is 0.100. The van der Waals surface area contributed by atoms with Gasteiger partial charge in [-0.15, -0.1) is 11.3 Å². The largest absolute Gasteiger partial charge is 0.361 e. The van der Waals surface area contributed by atoms with Crippen molar-refractivity contribution >= 4 is 22.9 Å². The molecule has 0 bridgehead atoms. The molecule has 0 saturated heterocycles. The lowest BCUT2D eigenvalue weighted by Gasteiger charge is -2.16. The van der Waals surface area contributed by atoms with Crippen LogP contribution in [0.15, 0.2) is 17.5 Å². The number of Topliss-reactive ketones (excluding diaryl/α,β-unsaturated/α-hetero) is 2. The maximum Gasteiger partial charge on any atom is 0.161 e. The van der Waals surface area contributed by atoms with Gasteiger partial charge in [0, 0.05) is 38.8 Å². The molecule has 0 aromatic carbocycles. The van der Waals surface area contributed by atoms with Crippen LogP contribution < -0.4 is 0 Å². The third-order valence-electron chi connectivity index (χ3n) is 5.06. The molecule has 3 rings (SSSR count). The van der Waals surface area contributed by atoms with Crippen molar-refractivity contribution < 1.29 is 9.59 Å². The number of nitrogens with one attached hydrogen (secondary N) is 2. The first-order valence-electron chi connectivity index (χ1n) is 8.67. The zero-order chi connectivity index (χ0) is 19.2. The van der Waals surface area contributed by atoms with Crippen LogP contribution >= 0.6 is 11.3 Å². The Morgan fingerprint density at radius 3 is 1.65 bits per heavy atom. The third kappa shape index (κ3) is 2.86. The minimum Gasteiger partial charge on any atom is -0.361 e. The van der Waals surface area contributed by atoms with Gasteiger partial charge in [-0.05, 0) is 64.1 Å². The van der Waals surface area contributed by atoms with Gasteiger partial charge in [-0.2, -0.15) is 0 Å². The molecule has 26 heavy (non-hydrogen) atoms. The van der Waals surface area contributed by atoms with Crippen molar-refractivity contribution in [3.8, 4) is 0 Å². The second-order valence-corrected chi connectivity index (χ2v) is 7.87. The lowest BCUT2D eigenvalue weighted by atomic mass is 9.91. The van der Waals surface area contributed by atoms with Gasteiger partial charge in [0.1, 0.15) is 0 Å². The maximum atomic E-state index is 12.1. The van der Waals surface area contributed by atoms with Crippen molar-refractivity contribution in [3.63, 3.8) is 0 Å². The summed E-state index contributed by atoms with van der Waals surface area (Å²) in [5, 5.41) is 2.05. The molecule has 0 unspecified atom stereocenters. The van der Waals surface area contributed by atoms with E-state index in [4.69, 9.17) is 0 Å². The molecule has 0 atom stereocenters. The predicted molar refractivity (Wildman–Crippen MR) is 106 cm³/mol. The number of aryl methyl sites for hydroxylation is 2. The van der Waals surface area contributed by atoms with E-state index >= 15 is 0 Å². The van der Waals surface area contributed by atoms with Crippen molar-refractivity contribution in [2.24, 2.45) is 0 Å². The van der Waals surface area contributed by atoms with Crippen LogP contribution in [0.5, 0.6) is 0 Å². The SMILES string of the molecule is CC(=O)c1c(C)[nH]c(C(c2cccs2)c2[nH]c(C)c(C(C)=O)c2C)c1C. The molecule has 0 fully saturated rings. The molecule has 0 aliphatic heterocycles. The highest BCUT2D eigenvalue weighted by molar-refractivity contribution is 7.10. The fraction of sp³-hybridized carbons (Fsp3) is 0.333. The number of carbonyl (C=O) groups excluding carboxylic acids is 2. The van der Waals surface area contributed by atoms with Gasteiger partial charge >= 0.3 is 0 Å². The molecule has 136 valence electrons. The number of thiophene rings is 1. The molecule has 0 amide bonds. The monoisotopic (exact) mass is 368 g/mol. The minimum absolute atomic E-state index is 0.0615. The van der Waals surface area contributed by atoms with Crippen molar-refractivity contribution in [1.29, 1.82) is 0 Å². The van der Waals surface area contributed by atoms with E-state index in [2.05, 4.69) is 21.4 Å². The lowest BCUT2D eigenvalue weighted by Crippen LogP contribution is -2.07. The summed E-state index contributed by atoms with van der Waals surface area (Å²) in [6.07, 6.45) is 0. The molecule has 5 heteroatoms. The summed E-state index contributed by atoms with van der Waals surface area (Å²) in [7, 11) is 0. The van der Waals surface area contributed by atoms with Crippen LogP contribution in [-0.2, 0) is 0 Å². The Bertz CT molecular complexity index is 926. The number of ketones is 2. The highest BCUT2D eigenvalue weighted by Crippen LogP contribution is 2.39.